The second-order valence-corrected chi connectivity index (χ2v) is 5.07. The van der Waals surface area contributed by atoms with Gasteiger partial charge in [0, 0.05) is 6.20 Å². The molecule has 0 bridgehead atoms. The van der Waals surface area contributed by atoms with Crippen LogP contribution < -0.4 is 10.1 Å². The summed E-state index contributed by atoms with van der Waals surface area (Å²) in [6, 6.07) is 13.4. The van der Waals surface area contributed by atoms with Gasteiger partial charge in [-0.05, 0) is 30.2 Å². The van der Waals surface area contributed by atoms with Gasteiger partial charge < -0.3 is 10.1 Å². The number of aromatic nitrogens is 3. The molecule has 0 spiro atoms. The Morgan fingerprint density at radius 3 is 2.87 bits per heavy atom. The lowest BCUT2D eigenvalue weighted by Gasteiger charge is -2.10. The fraction of sp³-hybridized carbons (Fsp3) is 0.235. The molecular formula is C17H18N4O2. The van der Waals surface area contributed by atoms with E-state index in [9.17, 15) is 4.79 Å². The molecular weight excluding hydrogens is 292 g/mol. The van der Waals surface area contributed by atoms with Gasteiger partial charge in [-0.1, -0.05) is 31.2 Å². The molecule has 1 amide bonds. The molecule has 2 aromatic heterocycles. The van der Waals surface area contributed by atoms with Gasteiger partial charge in [-0.3, -0.25) is 9.20 Å². The van der Waals surface area contributed by atoms with Gasteiger partial charge in [-0.2, -0.15) is 0 Å². The molecule has 0 aliphatic carbocycles. The van der Waals surface area contributed by atoms with Crippen molar-refractivity contribution in [3.05, 3.63) is 60.0 Å². The lowest BCUT2D eigenvalue weighted by Crippen LogP contribution is -2.29. The van der Waals surface area contributed by atoms with E-state index in [2.05, 4.69) is 22.4 Å². The van der Waals surface area contributed by atoms with E-state index in [1.54, 1.807) is 0 Å². The van der Waals surface area contributed by atoms with Gasteiger partial charge >= 0.3 is 0 Å². The van der Waals surface area contributed by atoms with Gasteiger partial charge in [-0.25, -0.2) is 0 Å². The van der Waals surface area contributed by atoms with E-state index in [-0.39, 0.29) is 12.5 Å². The average molecular weight is 310 g/mol. The highest BCUT2D eigenvalue weighted by atomic mass is 16.5. The zero-order valence-electron chi connectivity index (χ0n) is 12.9. The molecule has 118 valence electrons. The number of fused-ring (bicyclic) bond motifs is 1. The van der Waals surface area contributed by atoms with E-state index >= 15 is 0 Å². The number of hydrogen-bond donors (Lipinski definition) is 1. The predicted octanol–water partition coefficient (Wildman–Crippen LogP) is 1.99. The van der Waals surface area contributed by atoms with Crippen LogP contribution in [0.2, 0.25) is 0 Å². The maximum Gasteiger partial charge on any atom is 0.258 e. The first-order chi connectivity index (χ1) is 11.3. The highest BCUT2D eigenvalue weighted by molar-refractivity contribution is 5.77. The summed E-state index contributed by atoms with van der Waals surface area (Å²) >= 11 is 0. The summed E-state index contributed by atoms with van der Waals surface area (Å²) in [5.41, 5.74) is 1.84. The van der Waals surface area contributed by atoms with E-state index in [1.807, 2.05) is 53.1 Å². The minimum absolute atomic E-state index is 0.0201. The van der Waals surface area contributed by atoms with Crippen molar-refractivity contribution in [3.8, 4) is 5.75 Å². The summed E-state index contributed by atoms with van der Waals surface area (Å²) in [7, 11) is 0. The van der Waals surface area contributed by atoms with Gasteiger partial charge in [0.15, 0.2) is 18.1 Å². The number of pyridine rings is 1. The minimum Gasteiger partial charge on any atom is -0.483 e. The number of carbonyl (C=O) groups is 1. The first kappa shape index (κ1) is 15.0. The molecule has 23 heavy (non-hydrogen) atoms. The minimum atomic E-state index is -0.191. The average Bonchev–Trinajstić information content (AvgIpc) is 3.01. The normalized spacial score (nSPS) is 10.7. The Balaban J connectivity index is 1.56. The van der Waals surface area contributed by atoms with Crippen LogP contribution in [0.3, 0.4) is 0 Å². The van der Waals surface area contributed by atoms with Crippen molar-refractivity contribution < 1.29 is 9.53 Å². The fourth-order valence-corrected chi connectivity index (χ4v) is 2.32. The van der Waals surface area contributed by atoms with Gasteiger partial charge in [0.2, 0.25) is 0 Å². The van der Waals surface area contributed by atoms with Gasteiger partial charge in [0.05, 0.1) is 6.54 Å². The highest BCUT2D eigenvalue weighted by Gasteiger charge is 2.08. The number of nitrogens with one attached hydrogen (secondary N) is 1. The lowest BCUT2D eigenvalue weighted by atomic mass is 10.1. The molecule has 0 aliphatic heterocycles. The van der Waals surface area contributed by atoms with Crippen LogP contribution in [-0.2, 0) is 17.8 Å². The summed E-state index contributed by atoms with van der Waals surface area (Å²) < 4.78 is 7.43. The van der Waals surface area contributed by atoms with E-state index in [1.165, 1.54) is 0 Å². The Morgan fingerprint density at radius 2 is 2.00 bits per heavy atom. The third kappa shape index (κ3) is 3.48. The molecule has 0 fully saturated rings. The Labute approximate surface area is 134 Å². The summed E-state index contributed by atoms with van der Waals surface area (Å²) in [4.78, 5) is 12.0. The van der Waals surface area contributed by atoms with Crippen molar-refractivity contribution in [1.29, 1.82) is 0 Å². The van der Waals surface area contributed by atoms with Crippen LogP contribution in [0.15, 0.2) is 48.7 Å². The zero-order chi connectivity index (χ0) is 16.1. The van der Waals surface area contributed by atoms with Crippen molar-refractivity contribution in [2.45, 2.75) is 19.9 Å². The second-order valence-electron chi connectivity index (χ2n) is 5.07. The summed E-state index contributed by atoms with van der Waals surface area (Å²) in [5.74, 6) is 1.24. The maximum atomic E-state index is 12.0. The molecule has 1 aromatic carbocycles. The summed E-state index contributed by atoms with van der Waals surface area (Å²) in [6.45, 7) is 2.34. The fourth-order valence-electron chi connectivity index (χ4n) is 2.32. The number of nitrogens with zero attached hydrogens (tertiary/aromatic N) is 3. The zero-order valence-corrected chi connectivity index (χ0v) is 12.9. The first-order valence-corrected chi connectivity index (χ1v) is 7.54. The van der Waals surface area contributed by atoms with Crippen molar-refractivity contribution in [2.24, 2.45) is 0 Å². The van der Waals surface area contributed by atoms with Crippen molar-refractivity contribution >= 4 is 11.6 Å². The quantitative estimate of drug-likeness (QED) is 0.756. The number of hydrogen-bond acceptors (Lipinski definition) is 4. The van der Waals surface area contributed by atoms with Crippen LogP contribution in [0.4, 0.5) is 0 Å². The summed E-state index contributed by atoms with van der Waals surface area (Å²) in [6.07, 6.45) is 2.73. The van der Waals surface area contributed by atoms with Crippen molar-refractivity contribution in [3.63, 3.8) is 0 Å². The Hall–Kier alpha value is -2.89. The van der Waals surface area contributed by atoms with Crippen LogP contribution in [-0.4, -0.2) is 27.1 Å². The highest BCUT2D eigenvalue weighted by Crippen LogP contribution is 2.17. The third-order valence-corrected chi connectivity index (χ3v) is 3.54. The van der Waals surface area contributed by atoms with Crippen LogP contribution in [0.1, 0.15) is 18.3 Å². The molecule has 0 aliphatic rings. The van der Waals surface area contributed by atoms with E-state index in [4.69, 9.17) is 4.74 Å². The number of carbonyl (C=O) groups excluding carboxylic acids is 1. The van der Waals surface area contributed by atoms with E-state index in [0.717, 1.165) is 23.4 Å². The number of aryl methyl sites for hydroxylation is 1. The molecule has 0 saturated carbocycles. The van der Waals surface area contributed by atoms with Crippen LogP contribution in [0, 0.1) is 0 Å². The molecule has 0 saturated heterocycles. The van der Waals surface area contributed by atoms with Crippen LogP contribution in [0.25, 0.3) is 5.65 Å². The molecule has 0 radical (unpaired) electrons. The predicted molar refractivity (Wildman–Crippen MR) is 86.1 cm³/mol. The molecule has 3 rings (SSSR count). The Kier molecular flexibility index (Phi) is 4.52. The van der Waals surface area contributed by atoms with Crippen LogP contribution in [0.5, 0.6) is 5.75 Å². The van der Waals surface area contributed by atoms with E-state index in [0.29, 0.717) is 12.4 Å². The topological polar surface area (TPSA) is 68.5 Å². The maximum absolute atomic E-state index is 12.0. The summed E-state index contributed by atoms with van der Waals surface area (Å²) in [5, 5.41) is 10.9. The van der Waals surface area contributed by atoms with Gasteiger partial charge in [-0.15, -0.1) is 10.2 Å². The van der Waals surface area contributed by atoms with Gasteiger partial charge in [0.25, 0.3) is 5.91 Å². The largest absolute Gasteiger partial charge is 0.483 e. The monoisotopic (exact) mass is 310 g/mol. The molecule has 3 aromatic rings. The Morgan fingerprint density at radius 1 is 1.17 bits per heavy atom. The standard InChI is InChI=1S/C17H18N4O2/c1-2-13-7-3-4-8-14(13)23-12-17(22)18-11-16-20-19-15-9-5-6-10-21(15)16/h3-10H,2,11-12H2,1H3,(H,18,22). The number of para-hydroxylation sites is 1. The number of ether oxygens (including phenoxy) is 1. The molecule has 0 atom stereocenters. The third-order valence-electron chi connectivity index (χ3n) is 3.54. The number of benzene rings is 1. The number of amides is 1. The lowest BCUT2D eigenvalue weighted by molar-refractivity contribution is -0.123. The van der Waals surface area contributed by atoms with Crippen molar-refractivity contribution in [2.75, 3.05) is 6.61 Å². The SMILES string of the molecule is CCc1ccccc1OCC(=O)NCc1nnc2ccccn12. The number of rotatable bonds is 6. The van der Waals surface area contributed by atoms with Crippen LogP contribution >= 0.6 is 0 Å². The molecule has 0 unspecified atom stereocenters. The molecule has 1 N–H and O–H groups in total. The second kappa shape index (κ2) is 6.91. The van der Waals surface area contributed by atoms with Gasteiger partial charge in [0.1, 0.15) is 5.75 Å². The van der Waals surface area contributed by atoms with E-state index < -0.39 is 0 Å². The Bertz CT molecular complexity index is 813. The molecule has 6 nitrogen and oxygen atoms in total. The smallest absolute Gasteiger partial charge is 0.258 e. The molecule has 6 heteroatoms. The first-order valence-electron chi connectivity index (χ1n) is 7.54. The van der Waals surface area contributed by atoms with Crippen molar-refractivity contribution in [1.82, 2.24) is 19.9 Å². The molecule has 2 heterocycles.